The number of hydrogen-bond acceptors (Lipinski definition) is 2. The number of carbonyl (C=O) groups excluding carboxylic acids is 1. The molecule has 0 aromatic carbocycles. The first kappa shape index (κ1) is 6.64. The second-order valence-electron chi connectivity index (χ2n) is 1.83. The van der Waals surface area contributed by atoms with E-state index in [9.17, 15) is 4.79 Å². The van der Waals surface area contributed by atoms with Gasteiger partial charge in [-0.3, -0.25) is 4.79 Å². The minimum Gasteiger partial charge on any atom is -0.292 e. The zero-order valence-electron chi connectivity index (χ0n) is 4.91. The lowest BCUT2D eigenvalue weighted by molar-refractivity contribution is -0.712. The molecule has 1 aliphatic heterocycles. The number of allylic oxidation sites excluding steroid dienone is 2. The van der Waals surface area contributed by atoms with Gasteiger partial charge in [0.25, 0.3) is 16.1 Å². The van der Waals surface area contributed by atoms with E-state index < -0.39 is 0 Å². The molecule has 9 heavy (non-hydrogen) atoms. The van der Waals surface area contributed by atoms with Crippen molar-refractivity contribution in [1.82, 2.24) is 0 Å². The summed E-state index contributed by atoms with van der Waals surface area (Å²) in [4.78, 5) is 10.2. The van der Waals surface area contributed by atoms with Crippen LogP contribution in [-0.2, 0) is 4.79 Å². The number of likely N-dealkylation sites (N-methyl/N-ethyl adjacent to an activating group) is 1. The summed E-state index contributed by atoms with van der Waals surface area (Å²) in [6.07, 6.45) is 4.04. The molecule has 0 bridgehead atoms. The van der Waals surface area contributed by atoms with Crippen LogP contribution < -0.4 is 0 Å². The van der Waals surface area contributed by atoms with Crippen LogP contribution in [-0.4, -0.2) is 23.2 Å². The van der Waals surface area contributed by atoms with E-state index in [1.807, 2.05) is 0 Å². The number of rotatable bonds is 1. The molecule has 0 radical (unpaired) electrons. The fraction of sp³-hybridized carbons (Fsp3) is 0.200. The van der Waals surface area contributed by atoms with Crippen molar-refractivity contribution in [2.75, 3.05) is 7.05 Å². The molecular formula is C5H6BrN2O+. The third kappa shape index (κ3) is 1.09. The maximum atomic E-state index is 10.2. The van der Waals surface area contributed by atoms with Crippen molar-refractivity contribution in [2.24, 2.45) is 5.10 Å². The molecular weight excluding hydrogens is 184 g/mol. The Morgan fingerprint density at radius 1 is 1.89 bits per heavy atom. The molecule has 0 aromatic rings. The summed E-state index contributed by atoms with van der Waals surface area (Å²) in [6.45, 7) is 0. The van der Waals surface area contributed by atoms with Gasteiger partial charge in [0.15, 0.2) is 0 Å². The zero-order chi connectivity index (χ0) is 6.91. The highest BCUT2D eigenvalue weighted by atomic mass is 79.9. The monoisotopic (exact) mass is 189 g/mol. The van der Waals surface area contributed by atoms with Crippen molar-refractivity contribution in [1.29, 1.82) is 0 Å². The van der Waals surface area contributed by atoms with E-state index in [1.165, 1.54) is 0 Å². The van der Waals surface area contributed by atoms with Gasteiger partial charge in [0.1, 0.15) is 7.05 Å². The maximum Gasteiger partial charge on any atom is 0.265 e. The minimum absolute atomic E-state index is 0.135. The largest absolute Gasteiger partial charge is 0.292 e. The topological polar surface area (TPSA) is 29.4 Å². The molecule has 1 aliphatic rings. The molecule has 1 atom stereocenters. The lowest BCUT2D eigenvalue weighted by Gasteiger charge is -2.11. The predicted octanol–water partition coefficient (Wildman–Crippen LogP) is 0.825. The Bertz CT molecular complexity index is 195. The van der Waals surface area contributed by atoms with Crippen LogP contribution >= 0.6 is 16.1 Å². The van der Waals surface area contributed by atoms with Gasteiger partial charge in [-0.25, -0.2) is 0 Å². The van der Waals surface area contributed by atoms with Crippen LogP contribution in [0.25, 0.3) is 0 Å². The number of carbonyl (C=O) groups is 1. The molecule has 0 fully saturated rings. The second kappa shape index (κ2) is 2.04. The Morgan fingerprint density at radius 2 is 2.56 bits per heavy atom. The van der Waals surface area contributed by atoms with Crippen LogP contribution in [0, 0.1) is 0 Å². The van der Waals surface area contributed by atoms with Crippen molar-refractivity contribution < 1.29 is 8.41 Å². The minimum atomic E-state index is 0.135. The first-order valence-electron chi connectivity index (χ1n) is 2.44. The van der Waals surface area contributed by atoms with E-state index in [0.717, 1.165) is 6.29 Å². The molecule has 0 amide bonds. The molecule has 0 aliphatic carbocycles. The summed E-state index contributed by atoms with van der Waals surface area (Å²) in [6, 6.07) is 0. The molecule has 1 heterocycles. The van der Waals surface area contributed by atoms with Gasteiger partial charge in [-0.2, -0.15) is 0 Å². The fourth-order valence-corrected chi connectivity index (χ4v) is 0.881. The average Bonchev–Trinajstić information content (AvgIpc) is 2.08. The van der Waals surface area contributed by atoms with E-state index in [1.54, 1.807) is 19.3 Å². The van der Waals surface area contributed by atoms with Crippen molar-refractivity contribution in [3.8, 4) is 0 Å². The lowest BCUT2D eigenvalue weighted by Crippen LogP contribution is -2.22. The van der Waals surface area contributed by atoms with E-state index in [-0.39, 0.29) is 3.62 Å². The van der Waals surface area contributed by atoms with Crippen molar-refractivity contribution in [2.45, 2.75) is 0 Å². The lowest BCUT2D eigenvalue weighted by atomic mass is 10.4. The predicted molar refractivity (Wildman–Crippen MR) is 37.8 cm³/mol. The number of nitrogens with zero attached hydrogens (tertiary/aromatic N) is 2. The highest BCUT2D eigenvalue weighted by Gasteiger charge is 2.27. The number of hydrogen-bond donors (Lipinski definition) is 0. The molecule has 0 saturated heterocycles. The van der Waals surface area contributed by atoms with Gasteiger partial charge in [-0.1, -0.05) is 5.10 Å². The Labute approximate surface area is 61.6 Å². The Morgan fingerprint density at radius 3 is 2.78 bits per heavy atom. The fourth-order valence-electron chi connectivity index (χ4n) is 0.573. The third-order valence-corrected chi connectivity index (χ3v) is 1.71. The van der Waals surface area contributed by atoms with Gasteiger partial charge in [0, 0.05) is 6.08 Å². The highest BCUT2D eigenvalue weighted by molar-refractivity contribution is 9.05. The maximum absolute atomic E-state index is 10.2. The van der Waals surface area contributed by atoms with Crippen LogP contribution in [0.3, 0.4) is 0 Å². The molecule has 48 valence electrons. The summed E-state index contributed by atoms with van der Waals surface area (Å²) >= 11 is 3.21. The van der Waals surface area contributed by atoms with Gasteiger partial charge < -0.3 is 0 Å². The number of aldehydes is 1. The molecule has 3 nitrogen and oxygen atoms in total. The van der Waals surface area contributed by atoms with Crippen LogP contribution in [0.2, 0.25) is 0 Å². The first-order valence-corrected chi connectivity index (χ1v) is 3.15. The highest BCUT2D eigenvalue weighted by Crippen LogP contribution is 2.23. The Balaban J connectivity index is 2.91. The van der Waals surface area contributed by atoms with Gasteiger partial charge >= 0.3 is 0 Å². The normalized spacial score (nSPS) is 32.4. The molecule has 0 saturated carbocycles. The molecule has 1 rings (SSSR count). The van der Waals surface area contributed by atoms with Gasteiger partial charge in [-0.05, 0) is 0 Å². The summed E-state index contributed by atoms with van der Waals surface area (Å²) in [7, 11) is 1.77. The SMILES string of the molecule is C[N+]1(Br)N=CC=C1C=O. The number of halogens is 1. The molecule has 0 spiro atoms. The third-order valence-electron chi connectivity index (χ3n) is 1.12. The Hall–Kier alpha value is -0.480. The van der Waals surface area contributed by atoms with Crippen molar-refractivity contribution in [3.63, 3.8) is 0 Å². The van der Waals surface area contributed by atoms with Crippen LogP contribution in [0.4, 0.5) is 0 Å². The van der Waals surface area contributed by atoms with Crippen LogP contribution in [0.15, 0.2) is 16.9 Å². The van der Waals surface area contributed by atoms with Gasteiger partial charge in [-0.15, -0.1) is 3.62 Å². The van der Waals surface area contributed by atoms with Gasteiger partial charge in [0.05, 0.1) is 6.21 Å². The summed E-state index contributed by atoms with van der Waals surface area (Å²) in [5, 5.41) is 3.93. The molecule has 0 aromatic heterocycles. The number of quaternary nitrogens is 1. The summed E-state index contributed by atoms with van der Waals surface area (Å²) < 4.78 is 0.135. The van der Waals surface area contributed by atoms with E-state index in [2.05, 4.69) is 21.2 Å². The summed E-state index contributed by atoms with van der Waals surface area (Å²) in [5.74, 6) is 0. The van der Waals surface area contributed by atoms with Crippen molar-refractivity contribution >= 4 is 28.6 Å². The first-order chi connectivity index (χ1) is 4.17. The van der Waals surface area contributed by atoms with Crippen LogP contribution in [0.1, 0.15) is 0 Å². The van der Waals surface area contributed by atoms with E-state index in [0.29, 0.717) is 5.70 Å². The molecule has 1 unspecified atom stereocenters. The van der Waals surface area contributed by atoms with Crippen LogP contribution in [0.5, 0.6) is 0 Å². The quantitative estimate of drug-likeness (QED) is 0.444. The smallest absolute Gasteiger partial charge is 0.265 e. The van der Waals surface area contributed by atoms with E-state index >= 15 is 0 Å². The molecule has 4 heteroatoms. The summed E-state index contributed by atoms with van der Waals surface area (Å²) in [5.41, 5.74) is 0.606. The average molecular weight is 190 g/mol. The second-order valence-corrected chi connectivity index (χ2v) is 3.21. The van der Waals surface area contributed by atoms with Crippen molar-refractivity contribution in [3.05, 3.63) is 11.8 Å². The van der Waals surface area contributed by atoms with E-state index in [4.69, 9.17) is 0 Å². The zero-order valence-corrected chi connectivity index (χ0v) is 6.50. The Kier molecular flexibility index (Phi) is 1.50. The van der Waals surface area contributed by atoms with Gasteiger partial charge in [0.2, 0.25) is 12.0 Å². The standard InChI is InChI=1S/C5H6BrN2O/c1-8(6)5(4-9)2-3-7-8/h2-4H,1H3/q+1. The molecule has 0 N–H and O–H groups in total.